The van der Waals surface area contributed by atoms with Gasteiger partial charge in [-0.05, 0) is 36.4 Å². The molecule has 4 rings (SSSR count). The second kappa shape index (κ2) is 17.5. The van der Waals surface area contributed by atoms with Gasteiger partial charge in [0.25, 0.3) is 0 Å². The van der Waals surface area contributed by atoms with E-state index in [-0.39, 0.29) is 23.0 Å². The summed E-state index contributed by atoms with van der Waals surface area (Å²) in [6, 6.07) is 25.7. The highest BCUT2D eigenvalue weighted by molar-refractivity contribution is 7.83. The number of hydrogen-bond acceptors (Lipinski definition) is 8. The predicted molar refractivity (Wildman–Crippen MR) is 173 cm³/mol. The van der Waals surface area contributed by atoms with Crippen molar-refractivity contribution in [2.75, 3.05) is 25.0 Å². The van der Waals surface area contributed by atoms with Gasteiger partial charge in [-0.15, -0.1) is 0 Å². The number of aromatic hydroxyl groups is 4. The van der Waals surface area contributed by atoms with Crippen molar-refractivity contribution in [3.05, 3.63) is 119 Å². The van der Waals surface area contributed by atoms with Gasteiger partial charge in [-0.2, -0.15) is 0 Å². The SMILES string of the molecule is CS(C)=O.CS(C)=O.Oc1ccccc1C=N[C@H](c1ccccc1O)[C@@H](N=Cc1ccccc1O)c1ccccc1O. The van der Waals surface area contributed by atoms with Gasteiger partial charge in [0.1, 0.15) is 35.1 Å². The molecule has 222 valence electrons. The summed E-state index contributed by atoms with van der Waals surface area (Å²) < 4.78 is 19.1. The summed E-state index contributed by atoms with van der Waals surface area (Å²) in [5, 5.41) is 41.7. The predicted octanol–water partition coefficient (Wildman–Crippen LogP) is 5.52. The average molecular weight is 609 g/mol. The summed E-state index contributed by atoms with van der Waals surface area (Å²) in [5.41, 5.74) is 2.00. The number of para-hydroxylation sites is 4. The molecule has 4 aromatic rings. The van der Waals surface area contributed by atoms with E-state index < -0.39 is 33.7 Å². The molecule has 0 saturated carbocycles. The van der Waals surface area contributed by atoms with Crippen LogP contribution < -0.4 is 0 Å². The highest BCUT2D eigenvalue weighted by Crippen LogP contribution is 2.42. The topological polar surface area (TPSA) is 140 Å². The van der Waals surface area contributed by atoms with Gasteiger partial charge in [0, 0.05) is 81.3 Å². The molecule has 2 atom stereocenters. The van der Waals surface area contributed by atoms with Crippen molar-refractivity contribution in [2.45, 2.75) is 12.1 Å². The molecule has 0 heterocycles. The Morgan fingerprint density at radius 1 is 0.500 bits per heavy atom. The zero-order valence-corrected chi connectivity index (χ0v) is 25.5. The average Bonchev–Trinajstić information content (AvgIpc) is 2.93. The molecule has 0 aliphatic heterocycles. The van der Waals surface area contributed by atoms with Crippen LogP contribution in [0.4, 0.5) is 0 Å². The van der Waals surface area contributed by atoms with E-state index in [0.29, 0.717) is 22.3 Å². The minimum Gasteiger partial charge on any atom is -0.508 e. The molecule has 0 spiro atoms. The van der Waals surface area contributed by atoms with Gasteiger partial charge in [-0.25, -0.2) is 0 Å². The monoisotopic (exact) mass is 608 g/mol. The third kappa shape index (κ3) is 11.3. The highest BCUT2D eigenvalue weighted by Gasteiger charge is 2.28. The molecule has 0 radical (unpaired) electrons. The van der Waals surface area contributed by atoms with E-state index in [1.807, 2.05) is 0 Å². The van der Waals surface area contributed by atoms with Crippen molar-refractivity contribution in [1.29, 1.82) is 0 Å². The van der Waals surface area contributed by atoms with Gasteiger partial charge >= 0.3 is 0 Å². The summed E-state index contributed by atoms with van der Waals surface area (Å²) in [6.07, 6.45) is 9.60. The first kappa shape index (κ1) is 33.9. The third-order valence-corrected chi connectivity index (χ3v) is 5.43. The smallest absolute Gasteiger partial charge is 0.124 e. The van der Waals surface area contributed by atoms with E-state index in [1.165, 1.54) is 12.4 Å². The van der Waals surface area contributed by atoms with E-state index in [9.17, 15) is 28.8 Å². The quantitative estimate of drug-likeness (QED) is 0.204. The first-order chi connectivity index (χ1) is 20.0. The molecule has 0 bridgehead atoms. The number of rotatable bonds is 7. The first-order valence-corrected chi connectivity index (χ1v) is 16.6. The normalized spacial score (nSPS) is 12.4. The Morgan fingerprint density at radius 3 is 1.05 bits per heavy atom. The van der Waals surface area contributed by atoms with Gasteiger partial charge in [-0.1, -0.05) is 60.7 Å². The molecule has 0 aromatic heterocycles. The van der Waals surface area contributed by atoms with Crippen LogP contribution in [0.3, 0.4) is 0 Å². The Kier molecular flexibility index (Phi) is 14.1. The zero-order valence-electron chi connectivity index (χ0n) is 23.9. The van der Waals surface area contributed by atoms with Crippen LogP contribution in [0.15, 0.2) is 107 Å². The Balaban J connectivity index is 0.000000686. The van der Waals surface area contributed by atoms with E-state index >= 15 is 0 Å². The number of benzene rings is 4. The molecule has 0 unspecified atom stereocenters. The van der Waals surface area contributed by atoms with Crippen molar-refractivity contribution in [2.24, 2.45) is 9.98 Å². The first-order valence-electron chi connectivity index (χ1n) is 12.7. The van der Waals surface area contributed by atoms with Crippen LogP contribution in [0.1, 0.15) is 34.3 Å². The molecule has 0 aliphatic carbocycles. The van der Waals surface area contributed by atoms with Crippen LogP contribution in [0.5, 0.6) is 23.0 Å². The molecule has 8 nitrogen and oxygen atoms in total. The lowest BCUT2D eigenvalue weighted by Crippen LogP contribution is -2.10. The van der Waals surface area contributed by atoms with Crippen molar-refractivity contribution < 1.29 is 28.8 Å². The number of nitrogens with zero attached hydrogens (tertiary/aromatic N) is 2. The lowest BCUT2D eigenvalue weighted by atomic mass is 9.92. The molecule has 4 N–H and O–H groups in total. The van der Waals surface area contributed by atoms with Gasteiger partial charge in [0.05, 0.1) is 0 Å². The fourth-order valence-electron chi connectivity index (χ4n) is 3.65. The summed E-state index contributed by atoms with van der Waals surface area (Å²) in [4.78, 5) is 9.41. The highest BCUT2D eigenvalue weighted by atomic mass is 32.2. The van der Waals surface area contributed by atoms with Crippen molar-refractivity contribution in [3.8, 4) is 23.0 Å². The van der Waals surface area contributed by atoms with Crippen molar-refractivity contribution in [1.82, 2.24) is 0 Å². The van der Waals surface area contributed by atoms with E-state index in [2.05, 4.69) is 0 Å². The van der Waals surface area contributed by atoms with Crippen LogP contribution in [0, 0.1) is 0 Å². The molecule has 4 aromatic carbocycles. The molecule has 10 heteroatoms. The number of hydrogen-bond donors (Lipinski definition) is 4. The van der Waals surface area contributed by atoms with E-state index in [0.717, 1.165) is 0 Å². The Hall–Kier alpha value is -4.28. The maximum absolute atomic E-state index is 10.6. The fourth-order valence-corrected chi connectivity index (χ4v) is 3.65. The molecule has 0 saturated heterocycles. The van der Waals surface area contributed by atoms with Crippen LogP contribution in [0.2, 0.25) is 0 Å². The van der Waals surface area contributed by atoms with Crippen LogP contribution in [-0.2, 0) is 21.6 Å². The maximum Gasteiger partial charge on any atom is 0.124 e. The Morgan fingerprint density at radius 2 is 0.762 bits per heavy atom. The minimum absolute atomic E-state index is 0.0279. The van der Waals surface area contributed by atoms with E-state index in [4.69, 9.17) is 9.98 Å². The third-order valence-electron chi connectivity index (χ3n) is 5.43. The van der Waals surface area contributed by atoms with Crippen molar-refractivity contribution >= 4 is 34.0 Å². The summed E-state index contributed by atoms with van der Waals surface area (Å²) in [7, 11) is -1.22. The molecular formula is C32H36N2O6S2. The standard InChI is InChI=1S/C28H24N2O4.2C2H6OS/c31-23-13-5-1-9-19(23)17-29-27(21-11-3-7-15-25(21)33)28(22-12-4-8-16-26(22)34)30-18-20-10-2-6-14-24(20)32;2*1-4(2)3/h1-18,27-28,31-34H;2*1-2H3/t27-,28+;;. The Labute approximate surface area is 251 Å². The lowest BCUT2D eigenvalue weighted by Gasteiger charge is -2.23. The van der Waals surface area contributed by atoms with Crippen LogP contribution in [0.25, 0.3) is 0 Å². The summed E-state index contributed by atoms with van der Waals surface area (Å²) in [6.45, 7) is 0. The minimum atomic E-state index is -0.754. The summed E-state index contributed by atoms with van der Waals surface area (Å²) >= 11 is 0. The number of phenolic OH excluding ortho intramolecular Hbond substituents is 4. The Bertz CT molecular complexity index is 1420. The molecule has 0 amide bonds. The second-order valence-corrected chi connectivity index (χ2v) is 12.1. The largest absolute Gasteiger partial charge is 0.508 e. The molecule has 0 fully saturated rings. The van der Waals surface area contributed by atoms with Gasteiger partial charge < -0.3 is 20.4 Å². The summed E-state index contributed by atoms with van der Waals surface area (Å²) in [5.74, 6) is 0.193. The lowest BCUT2D eigenvalue weighted by molar-refractivity contribution is 0.438. The second-order valence-electron chi connectivity index (χ2n) is 9.16. The maximum atomic E-state index is 10.6. The number of phenols is 4. The van der Waals surface area contributed by atoms with Crippen LogP contribution in [-0.4, -0.2) is 66.3 Å². The van der Waals surface area contributed by atoms with Crippen molar-refractivity contribution in [3.63, 3.8) is 0 Å². The fraction of sp³-hybridized carbons (Fsp3) is 0.188. The zero-order chi connectivity index (χ0) is 31.1. The van der Waals surface area contributed by atoms with Gasteiger partial charge in [-0.3, -0.25) is 18.4 Å². The van der Waals surface area contributed by atoms with E-state index in [1.54, 1.807) is 122 Å². The molecular weight excluding hydrogens is 572 g/mol. The van der Waals surface area contributed by atoms with Crippen LogP contribution >= 0.6 is 0 Å². The molecule has 0 aliphatic rings. The van der Waals surface area contributed by atoms with Gasteiger partial charge in [0.15, 0.2) is 0 Å². The molecule has 42 heavy (non-hydrogen) atoms. The number of aliphatic imine (C=N–C) groups is 2. The van der Waals surface area contributed by atoms with Gasteiger partial charge in [0.2, 0.25) is 0 Å².